The summed E-state index contributed by atoms with van der Waals surface area (Å²) >= 11 is 0.00278. The van der Waals surface area contributed by atoms with Gasteiger partial charge in [-0.25, -0.2) is 4.68 Å². The van der Waals surface area contributed by atoms with E-state index in [-0.39, 0.29) is 22.8 Å². The Morgan fingerprint density at radius 3 is 2.34 bits per heavy atom. The molecule has 1 aromatic heterocycles. The van der Waals surface area contributed by atoms with Crippen LogP contribution in [0.15, 0.2) is 46.8 Å². The minimum atomic E-state index is -4.68. The van der Waals surface area contributed by atoms with E-state index in [0.717, 1.165) is 10.7 Å². The average molecular weight is 422 g/mol. The van der Waals surface area contributed by atoms with Gasteiger partial charge in [0.25, 0.3) is 5.69 Å². The molecule has 0 bridgehead atoms. The summed E-state index contributed by atoms with van der Waals surface area (Å²) in [7, 11) is 0. The van der Waals surface area contributed by atoms with E-state index in [0.29, 0.717) is 28.1 Å². The molecule has 0 saturated carbocycles. The second-order valence-electron chi connectivity index (χ2n) is 6.17. The maximum atomic E-state index is 13.3. The smallest absolute Gasteiger partial charge is 0.258 e. The zero-order chi connectivity index (χ0) is 21.3. The highest BCUT2D eigenvalue weighted by Gasteiger charge is 2.35. The van der Waals surface area contributed by atoms with E-state index in [9.17, 15) is 27.5 Å². The first-order valence-electron chi connectivity index (χ1n) is 8.16. The molecule has 0 aliphatic heterocycles. The van der Waals surface area contributed by atoms with Crippen LogP contribution < -0.4 is 0 Å². The number of halogens is 3. The van der Waals surface area contributed by atoms with Gasteiger partial charge in [0.2, 0.25) is 11.5 Å². The van der Waals surface area contributed by atoms with Crippen molar-refractivity contribution in [2.24, 2.45) is 4.36 Å². The Balaban J connectivity index is 2.27. The first-order chi connectivity index (χ1) is 13.6. The molecule has 0 amide bonds. The van der Waals surface area contributed by atoms with Crippen molar-refractivity contribution in [3.8, 4) is 16.9 Å². The number of nitrogens with zero attached hydrogens (tertiary/aromatic N) is 4. The van der Waals surface area contributed by atoms with Crippen LogP contribution in [-0.2, 0) is 17.6 Å². The van der Waals surface area contributed by atoms with Crippen LogP contribution in [0.5, 0.6) is 0 Å². The van der Waals surface area contributed by atoms with Crippen molar-refractivity contribution in [2.45, 2.75) is 20.0 Å². The average Bonchev–Trinajstić information content (AvgIpc) is 3.11. The third-order valence-corrected chi connectivity index (χ3v) is 4.59. The molecule has 1 heterocycles. The van der Waals surface area contributed by atoms with Gasteiger partial charge in [-0.05, 0) is 43.7 Å². The van der Waals surface area contributed by atoms with E-state index in [4.69, 9.17) is 0 Å². The van der Waals surface area contributed by atoms with Gasteiger partial charge >= 0.3 is 6.18 Å². The monoisotopic (exact) mass is 422 g/mol. The second kappa shape index (κ2) is 7.59. The number of hydrogen-bond donors (Lipinski definition) is 0. The summed E-state index contributed by atoms with van der Waals surface area (Å²) in [6, 6.07) is 9.21. The molecule has 0 spiro atoms. The van der Waals surface area contributed by atoms with E-state index in [2.05, 4.69) is 9.46 Å². The molecular formula is C18H13F3N4O3S. The van der Waals surface area contributed by atoms with E-state index < -0.39 is 16.8 Å². The van der Waals surface area contributed by atoms with Crippen molar-refractivity contribution >= 4 is 22.8 Å². The number of alkyl halides is 3. The highest BCUT2D eigenvalue weighted by molar-refractivity contribution is 7.54. The van der Waals surface area contributed by atoms with Crippen LogP contribution in [0.2, 0.25) is 0 Å². The first kappa shape index (κ1) is 20.4. The number of aryl methyl sites for hydroxylation is 1. The minimum Gasteiger partial charge on any atom is -0.258 e. The normalized spacial score (nSPS) is 11.3. The van der Waals surface area contributed by atoms with Crippen molar-refractivity contribution in [3.05, 3.63) is 69.4 Å². The molecule has 0 radical (unpaired) electrons. The summed E-state index contributed by atoms with van der Waals surface area (Å²) < 4.78 is 55.8. The third-order valence-electron chi connectivity index (χ3n) is 4.33. The van der Waals surface area contributed by atoms with Crippen molar-refractivity contribution in [1.29, 1.82) is 0 Å². The molecule has 0 saturated heterocycles. The Kier molecular flexibility index (Phi) is 5.33. The summed E-state index contributed by atoms with van der Waals surface area (Å²) in [5.41, 5.74) is 0.963. The number of hydrogen-bond acceptors (Lipinski definition) is 5. The Bertz CT molecular complexity index is 1150. The van der Waals surface area contributed by atoms with Crippen LogP contribution in [0, 0.1) is 24.0 Å². The van der Waals surface area contributed by atoms with E-state index in [1.165, 1.54) is 24.3 Å². The zero-order valence-corrected chi connectivity index (χ0v) is 15.9. The van der Waals surface area contributed by atoms with Crippen molar-refractivity contribution < 1.29 is 22.3 Å². The summed E-state index contributed by atoms with van der Waals surface area (Å²) in [4.78, 5) is 10.3. The predicted octanol–water partition coefficient (Wildman–Crippen LogP) is 5.11. The zero-order valence-electron chi connectivity index (χ0n) is 15.1. The van der Waals surface area contributed by atoms with Crippen molar-refractivity contribution in [3.63, 3.8) is 0 Å². The maximum Gasteiger partial charge on any atom is 0.435 e. The van der Waals surface area contributed by atoms with Gasteiger partial charge in [0, 0.05) is 23.3 Å². The van der Waals surface area contributed by atoms with Crippen LogP contribution in [0.1, 0.15) is 16.8 Å². The fourth-order valence-corrected chi connectivity index (χ4v) is 3.25. The maximum absolute atomic E-state index is 13.3. The topological polar surface area (TPSA) is 90.4 Å². The van der Waals surface area contributed by atoms with E-state index in [1.807, 2.05) is 0 Å². The molecule has 29 heavy (non-hydrogen) atoms. The number of nitro groups is 1. The second-order valence-corrected chi connectivity index (χ2v) is 6.50. The fraction of sp³-hybridized carbons (Fsp3) is 0.167. The molecule has 0 N–H and O–H groups in total. The molecule has 0 fully saturated rings. The fourth-order valence-electron chi connectivity index (χ4n) is 2.89. The summed E-state index contributed by atoms with van der Waals surface area (Å²) in [5, 5.41) is 14.6. The van der Waals surface area contributed by atoms with Gasteiger partial charge in [-0.1, -0.05) is 6.07 Å². The number of non-ortho nitro benzene ring substituents is 1. The molecular weight excluding hydrogens is 409 g/mol. The molecule has 0 aliphatic carbocycles. The van der Waals surface area contributed by atoms with Crippen molar-refractivity contribution in [1.82, 2.24) is 9.78 Å². The largest absolute Gasteiger partial charge is 0.435 e. The Hall–Kier alpha value is -3.34. The Labute approximate surface area is 166 Å². The molecule has 7 nitrogen and oxygen atoms in total. The van der Waals surface area contributed by atoms with Crippen molar-refractivity contribution in [2.75, 3.05) is 0 Å². The van der Waals surface area contributed by atoms with Crippen LogP contribution in [0.3, 0.4) is 0 Å². The molecule has 0 unspecified atom stereocenters. The van der Waals surface area contributed by atoms with E-state index >= 15 is 0 Å². The van der Waals surface area contributed by atoms with Gasteiger partial charge in [-0.3, -0.25) is 10.1 Å². The lowest BCUT2D eigenvalue weighted by molar-refractivity contribution is -0.384. The minimum absolute atomic E-state index is 0.00278. The standard InChI is InChI=1S/C18H13F3N4O3S/c1-10-3-8-14(11(2)17(10)23-29-28)24-15(9-16(22-24)18(19,20)21)12-4-6-13(7-5-12)25(26)27/h3-9H,1-2H3. The molecule has 3 rings (SSSR count). The third kappa shape index (κ3) is 3.94. The molecule has 0 atom stereocenters. The summed E-state index contributed by atoms with van der Waals surface area (Å²) in [6.07, 6.45) is -4.68. The molecule has 2 aromatic carbocycles. The molecule has 150 valence electrons. The predicted molar refractivity (Wildman–Crippen MR) is 100 cm³/mol. The van der Waals surface area contributed by atoms with Gasteiger partial charge in [0.05, 0.1) is 22.0 Å². The van der Waals surface area contributed by atoms with Crippen LogP contribution in [0.25, 0.3) is 16.9 Å². The first-order valence-corrected chi connectivity index (χ1v) is 8.86. The quantitative estimate of drug-likeness (QED) is 0.432. The highest BCUT2D eigenvalue weighted by atomic mass is 32.1. The lowest BCUT2D eigenvalue weighted by Gasteiger charge is -2.13. The Morgan fingerprint density at radius 2 is 1.79 bits per heavy atom. The SMILES string of the molecule is Cc1ccc(-n2nc(C(F)(F)F)cc2-c2ccc([N+](=O)[O-])cc2)c(C)c1N=S=O. The molecule has 0 aliphatic rings. The number of benzene rings is 2. The van der Waals surface area contributed by atoms with Gasteiger partial charge < -0.3 is 0 Å². The molecule has 11 heteroatoms. The van der Waals surface area contributed by atoms with Gasteiger partial charge in [0.15, 0.2) is 5.69 Å². The van der Waals surface area contributed by atoms with Gasteiger partial charge in [-0.15, -0.1) is 0 Å². The highest BCUT2D eigenvalue weighted by Crippen LogP contribution is 2.36. The summed E-state index contributed by atoms with van der Waals surface area (Å²) in [6.45, 7) is 3.36. The molecule has 3 aromatic rings. The lowest BCUT2D eigenvalue weighted by atomic mass is 10.1. The Morgan fingerprint density at radius 1 is 1.14 bits per heavy atom. The van der Waals surface area contributed by atoms with Crippen LogP contribution in [0.4, 0.5) is 24.5 Å². The number of aromatic nitrogens is 2. The van der Waals surface area contributed by atoms with Gasteiger partial charge in [-0.2, -0.15) is 26.8 Å². The van der Waals surface area contributed by atoms with Gasteiger partial charge in [0.1, 0.15) is 0 Å². The van der Waals surface area contributed by atoms with E-state index in [1.54, 1.807) is 26.0 Å². The summed E-state index contributed by atoms with van der Waals surface area (Å²) in [5.74, 6) is 0. The number of rotatable bonds is 4. The van der Waals surface area contributed by atoms with Crippen LogP contribution in [-0.4, -0.2) is 18.9 Å². The van der Waals surface area contributed by atoms with Crippen LogP contribution >= 0.6 is 0 Å². The lowest BCUT2D eigenvalue weighted by Crippen LogP contribution is -2.08. The number of nitro benzene ring substituents is 1.